The van der Waals surface area contributed by atoms with Crippen molar-refractivity contribution in [1.82, 2.24) is 0 Å². The van der Waals surface area contributed by atoms with Crippen molar-refractivity contribution in [1.29, 1.82) is 0 Å². The Morgan fingerprint density at radius 3 is 1.35 bits per heavy atom. The molecule has 8 aromatic carbocycles. The standard InChI is InChI=1S/C50H42O/c1-27-29(3)33(7)46-44(31(27)5)49(39-22-15-14-21-38(39)35-17-10-9-11-18-35)45-32(6)28(2)30(4)34(8)47(45)50(46)40-23-16-24-42-48(40)41-25-36-19-12-13-20-37(36)26-43(41)51-42/h9-26H,1-8H3. The van der Waals surface area contributed by atoms with E-state index in [1.807, 2.05) is 0 Å². The lowest BCUT2D eigenvalue weighted by atomic mass is 9.75. The van der Waals surface area contributed by atoms with E-state index < -0.39 is 0 Å². The van der Waals surface area contributed by atoms with Crippen LogP contribution in [0.3, 0.4) is 0 Å². The third-order valence-corrected chi connectivity index (χ3v) is 12.3. The number of benzene rings is 8. The van der Waals surface area contributed by atoms with E-state index in [9.17, 15) is 0 Å². The van der Waals surface area contributed by atoms with Crippen molar-refractivity contribution in [2.45, 2.75) is 55.4 Å². The third kappa shape index (κ3) is 4.40. The Balaban J connectivity index is 1.58. The molecule has 0 fully saturated rings. The van der Waals surface area contributed by atoms with Crippen LogP contribution in [0.2, 0.25) is 0 Å². The maximum absolute atomic E-state index is 6.70. The largest absolute Gasteiger partial charge is 0.456 e. The summed E-state index contributed by atoms with van der Waals surface area (Å²) < 4.78 is 6.70. The second-order valence-corrected chi connectivity index (χ2v) is 14.6. The van der Waals surface area contributed by atoms with Crippen molar-refractivity contribution in [3.8, 4) is 33.4 Å². The van der Waals surface area contributed by atoms with Crippen LogP contribution in [0.25, 0.3) is 87.6 Å². The normalized spacial score (nSPS) is 11.9. The van der Waals surface area contributed by atoms with Crippen molar-refractivity contribution in [3.63, 3.8) is 0 Å². The van der Waals surface area contributed by atoms with Gasteiger partial charge < -0.3 is 4.42 Å². The lowest BCUT2D eigenvalue weighted by molar-refractivity contribution is 0.669. The monoisotopic (exact) mass is 658 g/mol. The Labute approximate surface area is 300 Å². The Morgan fingerprint density at radius 2 is 0.784 bits per heavy atom. The highest BCUT2D eigenvalue weighted by molar-refractivity contribution is 6.29. The fourth-order valence-corrected chi connectivity index (χ4v) is 8.95. The zero-order valence-corrected chi connectivity index (χ0v) is 30.8. The maximum Gasteiger partial charge on any atom is 0.136 e. The topological polar surface area (TPSA) is 13.1 Å². The molecule has 0 aliphatic heterocycles. The van der Waals surface area contributed by atoms with Gasteiger partial charge in [-0.1, -0.05) is 91.0 Å². The second-order valence-electron chi connectivity index (χ2n) is 14.6. The number of rotatable bonds is 3. The van der Waals surface area contributed by atoms with E-state index in [0.717, 1.165) is 16.6 Å². The van der Waals surface area contributed by atoms with Crippen LogP contribution in [0.15, 0.2) is 114 Å². The number of hydrogen-bond donors (Lipinski definition) is 0. The minimum absolute atomic E-state index is 0.925. The molecule has 51 heavy (non-hydrogen) atoms. The molecule has 9 aromatic rings. The summed E-state index contributed by atoms with van der Waals surface area (Å²) in [5.41, 5.74) is 20.3. The third-order valence-electron chi connectivity index (χ3n) is 12.3. The number of aryl methyl sites for hydroxylation is 4. The minimum Gasteiger partial charge on any atom is -0.456 e. The van der Waals surface area contributed by atoms with Gasteiger partial charge in [0.25, 0.3) is 0 Å². The van der Waals surface area contributed by atoms with Crippen molar-refractivity contribution < 1.29 is 4.42 Å². The van der Waals surface area contributed by atoms with Gasteiger partial charge in [0, 0.05) is 10.8 Å². The van der Waals surface area contributed by atoms with Crippen LogP contribution in [0.5, 0.6) is 0 Å². The smallest absolute Gasteiger partial charge is 0.136 e. The van der Waals surface area contributed by atoms with Crippen molar-refractivity contribution in [3.05, 3.63) is 154 Å². The van der Waals surface area contributed by atoms with Gasteiger partial charge in [-0.15, -0.1) is 0 Å². The van der Waals surface area contributed by atoms with Crippen LogP contribution >= 0.6 is 0 Å². The quantitative estimate of drug-likeness (QED) is 0.172. The summed E-state index contributed by atoms with van der Waals surface area (Å²) in [7, 11) is 0. The molecule has 0 N–H and O–H groups in total. The highest BCUT2D eigenvalue weighted by Crippen LogP contribution is 2.53. The molecule has 0 bridgehead atoms. The number of fused-ring (bicyclic) bond motifs is 6. The minimum atomic E-state index is 0.925. The lowest BCUT2D eigenvalue weighted by Crippen LogP contribution is -2.04. The van der Waals surface area contributed by atoms with Gasteiger partial charge in [-0.25, -0.2) is 0 Å². The molecule has 1 heterocycles. The average Bonchev–Trinajstić information content (AvgIpc) is 3.53. The van der Waals surface area contributed by atoms with Crippen LogP contribution in [-0.4, -0.2) is 0 Å². The van der Waals surface area contributed by atoms with Gasteiger partial charge in [0.15, 0.2) is 0 Å². The first-order valence-electron chi connectivity index (χ1n) is 18.1. The molecule has 0 spiro atoms. The summed E-state index contributed by atoms with van der Waals surface area (Å²) in [6.45, 7) is 18.6. The van der Waals surface area contributed by atoms with E-state index in [-0.39, 0.29) is 0 Å². The van der Waals surface area contributed by atoms with Crippen LogP contribution in [0, 0.1) is 55.4 Å². The first-order chi connectivity index (χ1) is 24.7. The highest BCUT2D eigenvalue weighted by atomic mass is 16.3. The summed E-state index contributed by atoms with van der Waals surface area (Å²) in [6, 6.07) is 39.7. The molecule has 9 rings (SSSR count). The van der Waals surface area contributed by atoms with E-state index in [1.54, 1.807) is 0 Å². The highest BCUT2D eigenvalue weighted by Gasteiger charge is 2.28. The van der Waals surface area contributed by atoms with E-state index >= 15 is 0 Å². The molecule has 0 atom stereocenters. The average molecular weight is 659 g/mol. The Hall–Kier alpha value is -5.66. The van der Waals surface area contributed by atoms with Crippen molar-refractivity contribution in [2.75, 3.05) is 0 Å². The predicted molar refractivity (Wildman–Crippen MR) is 220 cm³/mol. The van der Waals surface area contributed by atoms with E-state index in [4.69, 9.17) is 4.42 Å². The van der Waals surface area contributed by atoms with Crippen LogP contribution < -0.4 is 0 Å². The first kappa shape index (κ1) is 31.3. The molecule has 0 radical (unpaired) electrons. The fourth-order valence-electron chi connectivity index (χ4n) is 8.95. The van der Waals surface area contributed by atoms with Gasteiger partial charge in [0.1, 0.15) is 11.2 Å². The van der Waals surface area contributed by atoms with Crippen LogP contribution in [-0.2, 0) is 0 Å². The molecule has 0 aliphatic rings. The zero-order chi connectivity index (χ0) is 35.3. The summed E-state index contributed by atoms with van der Waals surface area (Å²) in [5.74, 6) is 0. The lowest BCUT2D eigenvalue weighted by Gasteiger charge is -2.28. The maximum atomic E-state index is 6.70. The second kappa shape index (κ2) is 11.4. The van der Waals surface area contributed by atoms with Crippen molar-refractivity contribution in [2.24, 2.45) is 0 Å². The van der Waals surface area contributed by atoms with Crippen LogP contribution in [0.4, 0.5) is 0 Å². The van der Waals surface area contributed by atoms with Crippen molar-refractivity contribution >= 4 is 54.3 Å². The molecule has 248 valence electrons. The summed E-state index contributed by atoms with van der Waals surface area (Å²) in [6.07, 6.45) is 0. The van der Waals surface area contributed by atoms with Gasteiger partial charge in [-0.2, -0.15) is 0 Å². The number of hydrogen-bond acceptors (Lipinski definition) is 1. The predicted octanol–water partition coefficient (Wildman–Crippen LogP) is 14.5. The number of furan rings is 1. The summed E-state index contributed by atoms with van der Waals surface area (Å²) in [5, 5.41) is 10.1. The fraction of sp³-hybridized carbons (Fsp3) is 0.160. The zero-order valence-electron chi connectivity index (χ0n) is 30.8. The van der Waals surface area contributed by atoms with Gasteiger partial charge in [0.05, 0.1) is 0 Å². The molecular formula is C50H42O. The molecule has 0 saturated carbocycles. The summed E-state index contributed by atoms with van der Waals surface area (Å²) in [4.78, 5) is 0. The summed E-state index contributed by atoms with van der Waals surface area (Å²) >= 11 is 0. The van der Waals surface area contributed by atoms with Gasteiger partial charge >= 0.3 is 0 Å². The Bertz CT molecular complexity index is 2840. The van der Waals surface area contributed by atoms with Gasteiger partial charge in [-0.05, 0) is 184 Å². The molecule has 1 aromatic heterocycles. The molecule has 0 saturated heterocycles. The molecule has 0 amide bonds. The SMILES string of the molecule is Cc1c(C)c(C)c2c(-c3cccc4oc5cc6ccccc6cc5c34)c3c(C)c(C)c(C)c(C)c3c(-c3ccccc3-c3ccccc3)c2c1C. The van der Waals surface area contributed by atoms with Gasteiger partial charge in [-0.3, -0.25) is 0 Å². The molecule has 0 unspecified atom stereocenters. The first-order valence-corrected chi connectivity index (χ1v) is 18.1. The van der Waals surface area contributed by atoms with E-state index in [0.29, 0.717) is 0 Å². The molecular weight excluding hydrogens is 617 g/mol. The van der Waals surface area contributed by atoms with Gasteiger partial charge in [0.2, 0.25) is 0 Å². The molecule has 1 heteroatoms. The molecule has 1 nitrogen and oxygen atoms in total. The Morgan fingerprint density at radius 1 is 0.333 bits per heavy atom. The molecule has 0 aliphatic carbocycles. The Kier molecular flexibility index (Phi) is 7.03. The van der Waals surface area contributed by atoms with E-state index in [2.05, 4.69) is 165 Å². The van der Waals surface area contributed by atoms with E-state index in [1.165, 1.54) is 116 Å². The van der Waals surface area contributed by atoms with Crippen LogP contribution in [0.1, 0.15) is 44.5 Å².